The number of carbonyl (C=O) groups excluding carboxylic acids is 2. The van der Waals surface area contributed by atoms with E-state index in [1.54, 1.807) is 11.8 Å². The molecule has 0 bridgehead atoms. The van der Waals surface area contributed by atoms with Crippen molar-refractivity contribution in [2.24, 2.45) is 5.92 Å². The minimum Gasteiger partial charge on any atom is -0.489 e. The molecule has 0 aromatic heterocycles. The van der Waals surface area contributed by atoms with Crippen LogP contribution in [0.2, 0.25) is 0 Å². The van der Waals surface area contributed by atoms with Crippen molar-refractivity contribution >= 4 is 17.7 Å². The number of nitrogens with zero attached hydrogens (tertiary/aromatic N) is 1. The van der Waals surface area contributed by atoms with Crippen molar-refractivity contribution in [3.05, 3.63) is 24.3 Å². The molecule has 1 N–H and O–H groups in total. The number of likely N-dealkylation sites (tertiary alicyclic amines) is 1. The largest absolute Gasteiger partial charge is 0.489 e. The molecule has 2 rings (SSSR count). The molecule has 0 radical (unpaired) electrons. The average Bonchev–Trinajstić information content (AvgIpc) is 2.56. The van der Waals surface area contributed by atoms with E-state index in [1.807, 2.05) is 38.1 Å². The Kier molecular flexibility index (Phi) is 6.46. The Balaban J connectivity index is 1.91. The number of ether oxygens (including phenoxy) is 2. The second kappa shape index (κ2) is 8.57. The van der Waals surface area contributed by atoms with Crippen LogP contribution in [-0.2, 0) is 9.53 Å². The number of piperidine rings is 1. The monoisotopic (exact) mass is 334 g/mol. The highest BCUT2D eigenvalue weighted by molar-refractivity contribution is 5.94. The molecule has 1 fully saturated rings. The second-order valence-corrected chi connectivity index (χ2v) is 6.11. The number of para-hydroxylation sites is 2. The Labute approximate surface area is 143 Å². The lowest BCUT2D eigenvalue weighted by Crippen LogP contribution is -2.41. The predicted octanol–water partition coefficient (Wildman–Crippen LogP) is 3.28. The molecule has 6 heteroatoms. The van der Waals surface area contributed by atoms with Crippen LogP contribution in [-0.4, -0.2) is 42.7 Å². The number of rotatable bonds is 5. The smallest absolute Gasteiger partial charge is 0.409 e. The van der Waals surface area contributed by atoms with Gasteiger partial charge in [0.05, 0.1) is 18.4 Å². The molecule has 6 nitrogen and oxygen atoms in total. The van der Waals surface area contributed by atoms with E-state index in [0.29, 0.717) is 44.0 Å². The number of nitrogens with one attached hydrogen (secondary N) is 1. The van der Waals surface area contributed by atoms with Crippen molar-refractivity contribution in [1.29, 1.82) is 0 Å². The van der Waals surface area contributed by atoms with Gasteiger partial charge >= 0.3 is 6.09 Å². The van der Waals surface area contributed by atoms with E-state index < -0.39 is 0 Å². The molecule has 1 aromatic carbocycles. The van der Waals surface area contributed by atoms with Crippen molar-refractivity contribution in [2.75, 3.05) is 25.0 Å². The summed E-state index contributed by atoms with van der Waals surface area (Å²) in [6, 6.07) is 7.43. The van der Waals surface area contributed by atoms with Gasteiger partial charge in [0, 0.05) is 19.0 Å². The fourth-order valence-electron chi connectivity index (χ4n) is 2.70. The van der Waals surface area contributed by atoms with E-state index in [2.05, 4.69) is 5.32 Å². The van der Waals surface area contributed by atoms with Crippen LogP contribution >= 0.6 is 0 Å². The topological polar surface area (TPSA) is 67.9 Å². The SMILES string of the molecule is CCOC(=O)N1CCC(C(=O)Nc2ccccc2OC(C)C)CC1. The Morgan fingerprint density at radius 3 is 2.54 bits per heavy atom. The summed E-state index contributed by atoms with van der Waals surface area (Å²) in [7, 11) is 0. The van der Waals surface area contributed by atoms with Gasteiger partial charge in [-0.2, -0.15) is 0 Å². The number of hydrogen-bond acceptors (Lipinski definition) is 4. The van der Waals surface area contributed by atoms with Crippen LogP contribution in [0.5, 0.6) is 5.75 Å². The maximum absolute atomic E-state index is 12.5. The van der Waals surface area contributed by atoms with Crippen molar-refractivity contribution in [1.82, 2.24) is 4.90 Å². The zero-order chi connectivity index (χ0) is 17.5. The molecule has 1 aromatic rings. The van der Waals surface area contributed by atoms with Crippen molar-refractivity contribution < 1.29 is 19.1 Å². The van der Waals surface area contributed by atoms with Crippen LogP contribution in [0, 0.1) is 5.92 Å². The predicted molar refractivity (Wildman–Crippen MR) is 92.2 cm³/mol. The summed E-state index contributed by atoms with van der Waals surface area (Å²) in [6.07, 6.45) is 1.01. The van der Waals surface area contributed by atoms with E-state index in [1.165, 1.54) is 0 Å². The van der Waals surface area contributed by atoms with Crippen LogP contribution in [0.3, 0.4) is 0 Å². The summed E-state index contributed by atoms with van der Waals surface area (Å²) in [5, 5.41) is 2.96. The van der Waals surface area contributed by atoms with Gasteiger partial charge in [0.1, 0.15) is 5.75 Å². The summed E-state index contributed by atoms with van der Waals surface area (Å²) in [5.41, 5.74) is 0.684. The van der Waals surface area contributed by atoms with Crippen molar-refractivity contribution in [3.63, 3.8) is 0 Å². The first-order valence-electron chi connectivity index (χ1n) is 8.49. The summed E-state index contributed by atoms with van der Waals surface area (Å²) >= 11 is 0. The highest BCUT2D eigenvalue weighted by atomic mass is 16.6. The number of hydrogen-bond donors (Lipinski definition) is 1. The summed E-state index contributed by atoms with van der Waals surface area (Å²) in [6.45, 7) is 7.14. The van der Waals surface area contributed by atoms with E-state index in [0.717, 1.165) is 0 Å². The molecule has 1 saturated heterocycles. The average molecular weight is 334 g/mol. The first kappa shape index (κ1) is 18.1. The maximum atomic E-state index is 12.5. The third-order valence-corrected chi connectivity index (χ3v) is 3.90. The number of carbonyl (C=O) groups is 2. The highest BCUT2D eigenvalue weighted by Crippen LogP contribution is 2.27. The quantitative estimate of drug-likeness (QED) is 0.897. The van der Waals surface area contributed by atoms with Crippen molar-refractivity contribution in [2.45, 2.75) is 39.7 Å². The summed E-state index contributed by atoms with van der Waals surface area (Å²) < 4.78 is 10.7. The maximum Gasteiger partial charge on any atom is 0.409 e. The molecule has 0 unspecified atom stereocenters. The van der Waals surface area contributed by atoms with Crippen LogP contribution in [0.4, 0.5) is 10.5 Å². The summed E-state index contributed by atoms with van der Waals surface area (Å²) in [4.78, 5) is 25.9. The first-order chi connectivity index (χ1) is 11.5. The lowest BCUT2D eigenvalue weighted by atomic mass is 9.96. The second-order valence-electron chi connectivity index (χ2n) is 6.11. The van der Waals surface area contributed by atoms with Gasteiger partial charge in [0.25, 0.3) is 0 Å². The molecule has 0 atom stereocenters. The standard InChI is InChI=1S/C18H26N2O4/c1-4-23-18(22)20-11-9-14(10-12-20)17(21)19-15-7-5-6-8-16(15)24-13(2)3/h5-8,13-14H,4,9-12H2,1-3H3,(H,19,21). The molecule has 2 amide bonds. The van der Waals surface area contributed by atoms with E-state index in [4.69, 9.17) is 9.47 Å². The Bertz CT molecular complexity index is 566. The molecular formula is C18H26N2O4. The van der Waals surface area contributed by atoms with E-state index >= 15 is 0 Å². The third-order valence-electron chi connectivity index (χ3n) is 3.90. The van der Waals surface area contributed by atoms with E-state index in [9.17, 15) is 9.59 Å². The van der Waals surface area contributed by atoms with Crippen LogP contribution in [0.25, 0.3) is 0 Å². The molecule has 0 aliphatic carbocycles. The van der Waals surface area contributed by atoms with Crippen LogP contribution in [0.15, 0.2) is 24.3 Å². The Morgan fingerprint density at radius 1 is 1.25 bits per heavy atom. The lowest BCUT2D eigenvalue weighted by molar-refractivity contribution is -0.121. The Morgan fingerprint density at radius 2 is 1.92 bits per heavy atom. The molecular weight excluding hydrogens is 308 g/mol. The van der Waals surface area contributed by atoms with Gasteiger partial charge in [0.2, 0.25) is 5.91 Å². The molecule has 1 aliphatic heterocycles. The van der Waals surface area contributed by atoms with Gasteiger partial charge in [-0.25, -0.2) is 4.79 Å². The van der Waals surface area contributed by atoms with Gasteiger partial charge in [-0.15, -0.1) is 0 Å². The molecule has 132 valence electrons. The van der Waals surface area contributed by atoms with Gasteiger partial charge in [-0.05, 0) is 45.7 Å². The molecule has 1 heterocycles. The van der Waals surface area contributed by atoms with Gasteiger partial charge < -0.3 is 19.7 Å². The number of amides is 2. The Hall–Kier alpha value is -2.24. The zero-order valence-electron chi connectivity index (χ0n) is 14.6. The minimum atomic E-state index is -0.299. The number of benzene rings is 1. The lowest BCUT2D eigenvalue weighted by Gasteiger charge is -2.30. The van der Waals surface area contributed by atoms with E-state index in [-0.39, 0.29) is 24.0 Å². The highest BCUT2D eigenvalue weighted by Gasteiger charge is 2.28. The van der Waals surface area contributed by atoms with Crippen LogP contribution in [0.1, 0.15) is 33.6 Å². The molecule has 1 aliphatic rings. The molecule has 0 spiro atoms. The molecule has 24 heavy (non-hydrogen) atoms. The number of anilines is 1. The first-order valence-corrected chi connectivity index (χ1v) is 8.49. The van der Waals surface area contributed by atoms with Crippen LogP contribution < -0.4 is 10.1 Å². The summed E-state index contributed by atoms with van der Waals surface area (Å²) in [5.74, 6) is 0.533. The van der Waals surface area contributed by atoms with Gasteiger partial charge in [-0.1, -0.05) is 12.1 Å². The normalized spacial score (nSPS) is 15.2. The minimum absolute atomic E-state index is 0.0293. The fourth-order valence-corrected chi connectivity index (χ4v) is 2.70. The third kappa shape index (κ3) is 4.88. The zero-order valence-corrected chi connectivity index (χ0v) is 14.6. The molecule has 0 saturated carbocycles. The van der Waals surface area contributed by atoms with Gasteiger partial charge in [0.15, 0.2) is 0 Å². The van der Waals surface area contributed by atoms with Gasteiger partial charge in [-0.3, -0.25) is 4.79 Å². The fraction of sp³-hybridized carbons (Fsp3) is 0.556. The van der Waals surface area contributed by atoms with Crippen molar-refractivity contribution in [3.8, 4) is 5.75 Å².